The Balaban J connectivity index is 4.13. The zero-order valence-corrected chi connectivity index (χ0v) is 8.69. The van der Waals surface area contributed by atoms with Crippen molar-refractivity contribution in [2.45, 2.75) is 52.1 Å². The molecular formula is C9H20N2O. The van der Waals surface area contributed by atoms with Gasteiger partial charge in [0.1, 0.15) is 0 Å². The van der Waals surface area contributed by atoms with Crippen LogP contribution in [0.3, 0.4) is 0 Å². The number of carbonyl (C=O) groups is 1. The molecule has 0 bridgehead atoms. The standard InChI is InChI=1S/C9H20N2O/c1-7(12)11-9(4,5)6-8(2,3)10/h6,10H2,1-5H3,(H,11,12). The van der Waals surface area contributed by atoms with Crippen molar-refractivity contribution in [3.63, 3.8) is 0 Å². The molecule has 3 N–H and O–H groups in total. The van der Waals surface area contributed by atoms with Crippen molar-refractivity contribution < 1.29 is 4.79 Å². The van der Waals surface area contributed by atoms with Gasteiger partial charge in [0.25, 0.3) is 0 Å². The number of carbonyl (C=O) groups excluding carboxylic acids is 1. The van der Waals surface area contributed by atoms with Crippen LogP contribution in [0.5, 0.6) is 0 Å². The van der Waals surface area contributed by atoms with Crippen molar-refractivity contribution in [1.82, 2.24) is 5.32 Å². The summed E-state index contributed by atoms with van der Waals surface area (Å²) in [4.78, 5) is 10.8. The molecule has 0 aromatic carbocycles. The zero-order valence-electron chi connectivity index (χ0n) is 8.69. The largest absolute Gasteiger partial charge is 0.351 e. The highest BCUT2D eigenvalue weighted by Gasteiger charge is 2.25. The normalized spacial score (nSPS) is 12.8. The van der Waals surface area contributed by atoms with Gasteiger partial charge in [0.05, 0.1) is 0 Å². The van der Waals surface area contributed by atoms with Crippen molar-refractivity contribution >= 4 is 5.91 Å². The van der Waals surface area contributed by atoms with Crippen LogP contribution in [0, 0.1) is 0 Å². The van der Waals surface area contributed by atoms with Crippen molar-refractivity contribution in [1.29, 1.82) is 0 Å². The number of nitrogens with one attached hydrogen (secondary N) is 1. The van der Waals surface area contributed by atoms with E-state index in [1.165, 1.54) is 6.92 Å². The summed E-state index contributed by atoms with van der Waals surface area (Å²) in [6.45, 7) is 9.38. The van der Waals surface area contributed by atoms with E-state index in [-0.39, 0.29) is 17.0 Å². The summed E-state index contributed by atoms with van der Waals surface area (Å²) in [5.41, 5.74) is 5.38. The maximum absolute atomic E-state index is 10.8. The second kappa shape index (κ2) is 3.44. The molecule has 0 aromatic rings. The van der Waals surface area contributed by atoms with E-state index in [2.05, 4.69) is 5.32 Å². The third-order valence-corrected chi connectivity index (χ3v) is 1.41. The molecule has 0 saturated heterocycles. The van der Waals surface area contributed by atoms with E-state index in [4.69, 9.17) is 5.73 Å². The quantitative estimate of drug-likeness (QED) is 0.668. The average Bonchev–Trinajstić information content (AvgIpc) is 1.48. The molecule has 0 aromatic heterocycles. The molecule has 72 valence electrons. The van der Waals surface area contributed by atoms with E-state index in [9.17, 15) is 4.79 Å². The van der Waals surface area contributed by atoms with Gasteiger partial charge in [0.2, 0.25) is 5.91 Å². The van der Waals surface area contributed by atoms with Crippen molar-refractivity contribution in [3.8, 4) is 0 Å². The molecule has 0 aliphatic carbocycles. The summed E-state index contributed by atoms with van der Waals surface area (Å²) in [7, 11) is 0. The van der Waals surface area contributed by atoms with Crippen LogP contribution in [0.25, 0.3) is 0 Å². The molecule has 0 fully saturated rings. The fraction of sp³-hybridized carbons (Fsp3) is 0.889. The minimum Gasteiger partial charge on any atom is -0.351 e. The molecule has 3 nitrogen and oxygen atoms in total. The molecule has 1 amide bonds. The number of amides is 1. The molecule has 0 atom stereocenters. The molecule has 0 unspecified atom stereocenters. The molecular weight excluding hydrogens is 152 g/mol. The second-order valence-electron chi connectivity index (χ2n) is 4.73. The summed E-state index contributed by atoms with van der Waals surface area (Å²) in [6, 6.07) is 0. The van der Waals surface area contributed by atoms with Crippen LogP contribution in [0.4, 0.5) is 0 Å². The lowest BCUT2D eigenvalue weighted by atomic mass is 9.88. The molecule has 3 heteroatoms. The lowest BCUT2D eigenvalue weighted by molar-refractivity contribution is -0.120. The molecule has 0 aliphatic rings. The van der Waals surface area contributed by atoms with E-state index in [1.54, 1.807) is 0 Å². The van der Waals surface area contributed by atoms with Gasteiger partial charge in [0, 0.05) is 18.0 Å². The monoisotopic (exact) mass is 172 g/mol. The number of nitrogens with two attached hydrogens (primary N) is 1. The number of hydrogen-bond acceptors (Lipinski definition) is 2. The van der Waals surface area contributed by atoms with Gasteiger partial charge in [-0.25, -0.2) is 0 Å². The topological polar surface area (TPSA) is 55.1 Å². The fourth-order valence-corrected chi connectivity index (χ4v) is 1.66. The van der Waals surface area contributed by atoms with Crippen LogP contribution in [-0.4, -0.2) is 17.0 Å². The molecule has 0 rings (SSSR count). The van der Waals surface area contributed by atoms with Crippen LogP contribution >= 0.6 is 0 Å². The van der Waals surface area contributed by atoms with Gasteiger partial charge >= 0.3 is 0 Å². The van der Waals surface area contributed by atoms with Gasteiger partial charge in [-0.05, 0) is 34.1 Å². The maximum Gasteiger partial charge on any atom is 0.217 e. The minimum absolute atomic E-state index is 0.00995. The summed E-state index contributed by atoms with van der Waals surface area (Å²) in [5, 5.41) is 2.86. The Bertz CT molecular complexity index is 168. The smallest absolute Gasteiger partial charge is 0.217 e. The predicted octanol–water partition coefficient (Wildman–Crippen LogP) is 1.03. The van der Waals surface area contributed by atoms with Crippen molar-refractivity contribution in [2.24, 2.45) is 5.73 Å². The lowest BCUT2D eigenvalue weighted by Crippen LogP contribution is -2.49. The number of rotatable bonds is 3. The molecule has 12 heavy (non-hydrogen) atoms. The Labute approximate surface area is 74.7 Å². The van der Waals surface area contributed by atoms with Crippen LogP contribution in [0.1, 0.15) is 41.0 Å². The molecule has 0 aliphatic heterocycles. The summed E-state index contributed by atoms with van der Waals surface area (Å²) in [5.74, 6) is -0.00995. The highest BCUT2D eigenvalue weighted by Crippen LogP contribution is 2.16. The SMILES string of the molecule is CC(=O)NC(C)(C)CC(C)(C)N. The zero-order chi connectivity index (χ0) is 9.99. The summed E-state index contributed by atoms with van der Waals surface area (Å²) in [6.07, 6.45) is 0.763. The van der Waals surface area contributed by atoms with Gasteiger partial charge in [-0.3, -0.25) is 4.79 Å². The van der Waals surface area contributed by atoms with Crippen molar-refractivity contribution in [3.05, 3.63) is 0 Å². The molecule has 0 heterocycles. The third kappa shape index (κ3) is 6.16. The number of hydrogen-bond donors (Lipinski definition) is 2. The highest BCUT2D eigenvalue weighted by atomic mass is 16.1. The first kappa shape index (κ1) is 11.4. The molecule has 0 spiro atoms. The Hall–Kier alpha value is -0.570. The van der Waals surface area contributed by atoms with Crippen molar-refractivity contribution in [2.75, 3.05) is 0 Å². The average molecular weight is 172 g/mol. The van der Waals surface area contributed by atoms with Gasteiger partial charge in [-0.15, -0.1) is 0 Å². The lowest BCUT2D eigenvalue weighted by Gasteiger charge is -2.32. The van der Waals surface area contributed by atoms with E-state index in [0.717, 1.165) is 6.42 Å². The Morgan fingerprint density at radius 2 is 1.75 bits per heavy atom. The van der Waals surface area contributed by atoms with E-state index in [1.807, 2.05) is 27.7 Å². The van der Waals surface area contributed by atoms with Gasteiger partial charge in [-0.2, -0.15) is 0 Å². The third-order valence-electron chi connectivity index (χ3n) is 1.41. The van der Waals surface area contributed by atoms with Gasteiger partial charge < -0.3 is 11.1 Å². The van der Waals surface area contributed by atoms with Gasteiger partial charge in [0.15, 0.2) is 0 Å². The summed E-state index contributed by atoms with van der Waals surface area (Å²) >= 11 is 0. The first-order valence-corrected chi connectivity index (χ1v) is 4.20. The Morgan fingerprint density at radius 1 is 1.33 bits per heavy atom. The van der Waals surface area contributed by atoms with E-state index >= 15 is 0 Å². The predicted molar refractivity (Wildman–Crippen MR) is 50.8 cm³/mol. The van der Waals surface area contributed by atoms with Gasteiger partial charge in [-0.1, -0.05) is 0 Å². The van der Waals surface area contributed by atoms with E-state index in [0.29, 0.717) is 0 Å². The van der Waals surface area contributed by atoms with Crippen LogP contribution in [0.2, 0.25) is 0 Å². The molecule has 0 radical (unpaired) electrons. The van der Waals surface area contributed by atoms with Crippen LogP contribution in [-0.2, 0) is 4.79 Å². The fourth-order valence-electron chi connectivity index (χ4n) is 1.66. The maximum atomic E-state index is 10.8. The van der Waals surface area contributed by atoms with Crippen LogP contribution in [0.15, 0.2) is 0 Å². The van der Waals surface area contributed by atoms with Crippen LogP contribution < -0.4 is 11.1 Å². The minimum atomic E-state index is -0.244. The second-order valence-corrected chi connectivity index (χ2v) is 4.73. The Morgan fingerprint density at radius 3 is 2.00 bits per heavy atom. The summed E-state index contributed by atoms with van der Waals surface area (Å²) < 4.78 is 0. The first-order valence-electron chi connectivity index (χ1n) is 4.20. The Kier molecular flexibility index (Phi) is 3.27. The first-order chi connectivity index (χ1) is 5.12. The molecule has 0 saturated carbocycles. The van der Waals surface area contributed by atoms with E-state index < -0.39 is 0 Å². The highest BCUT2D eigenvalue weighted by molar-refractivity contribution is 5.73.